The van der Waals surface area contributed by atoms with Crippen LogP contribution in [0.5, 0.6) is 0 Å². The number of anilines is 1. The van der Waals surface area contributed by atoms with Crippen molar-refractivity contribution >= 4 is 27.4 Å². The van der Waals surface area contributed by atoms with E-state index in [2.05, 4.69) is 11.8 Å². The summed E-state index contributed by atoms with van der Waals surface area (Å²) in [6, 6.07) is 0.636. The van der Waals surface area contributed by atoms with E-state index in [1.165, 1.54) is 61.0 Å². The number of hydrogen-bond acceptors (Lipinski definition) is 5. The van der Waals surface area contributed by atoms with Gasteiger partial charge in [-0.2, -0.15) is 0 Å². The van der Waals surface area contributed by atoms with Crippen LogP contribution in [0.15, 0.2) is 0 Å². The van der Waals surface area contributed by atoms with Gasteiger partial charge in [0, 0.05) is 17.5 Å². The number of nitrogens with one attached hydrogen (secondary N) is 1. The summed E-state index contributed by atoms with van der Waals surface area (Å²) in [5, 5.41) is 1.40. The van der Waals surface area contributed by atoms with E-state index in [0.717, 1.165) is 45.2 Å². The first kappa shape index (κ1) is 17.8. The molecule has 0 bridgehead atoms. The summed E-state index contributed by atoms with van der Waals surface area (Å²) in [5.41, 5.74) is 1.57. The number of piperidine rings is 1. The number of aryl methyl sites for hydroxylation is 2. The zero-order valence-corrected chi connectivity index (χ0v) is 17.2. The highest BCUT2D eigenvalue weighted by Gasteiger charge is 2.29. The maximum absolute atomic E-state index is 5.53. The predicted octanol–water partition coefficient (Wildman–Crippen LogP) is 2.36. The molecule has 1 atom stereocenters. The van der Waals surface area contributed by atoms with E-state index in [1.54, 1.807) is 15.3 Å². The summed E-state index contributed by atoms with van der Waals surface area (Å²) in [5.74, 6) is 2.29. The summed E-state index contributed by atoms with van der Waals surface area (Å²) in [7, 11) is 0. The first-order chi connectivity index (χ1) is 13.3. The molecule has 2 aromatic heterocycles. The molecule has 2 aromatic rings. The molecule has 0 amide bonds. The van der Waals surface area contributed by atoms with Crippen molar-refractivity contribution in [2.45, 2.75) is 64.5 Å². The fraction of sp³-hybridized carbons (Fsp3) is 0.714. The smallest absolute Gasteiger partial charge is 0.187 e. The standard InChI is InChI=1S/C21H30N4OS/c1-2-15-6-3-4-9-25(15)20-19-16-7-5-8-17(16)27-21(19)23-18(22-20)14-24-10-12-26-13-11-24/h15H,2-14H2,1H3/p+1/t15-/m0/s1. The van der Waals surface area contributed by atoms with Crippen LogP contribution < -0.4 is 9.80 Å². The Labute approximate surface area is 165 Å². The Bertz CT molecular complexity index is 814. The second-order valence-electron chi connectivity index (χ2n) is 8.29. The van der Waals surface area contributed by atoms with Crippen molar-refractivity contribution in [3.05, 3.63) is 16.3 Å². The predicted molar refractivity (Wildman–Crippen MR) is 110 cm³/mol. The van der Waals surface area contributed by atoms with E-state index in [9.17, 15) is 0 Å². The van der Waals surface area contributed by atoms with Gasteiger partial charge in [0.1, 0.15) is 30.3 Å². The molecule has 2 fully saturated rings. The molecule has 4 heterocycles. The quantitative estimate of drug-likeness (QED) is 0.875. The minimum atomic E-state index is 0.636. The lowest BCUT2D eigenvalue weighted by Crippen LogP contribution is -3.12. The molecule has 0 spiro atoms. The second kappa shape index (κ2) is 7.64. The van der Waals surface area contributed by atoms with E-state index in [4.69, 9.17) is 14.7 Å². The molecule has 5 nitrogen and oxygen atoms in total. The highest BCUT2D eigenvalue weighted by Crippen LogP contribution is 2.42. The van der Waals surface area contributed by atoms with Gasteiger partial charge in [0.2, 0.25) is 0 Å². The Kier molecular flexibility index (Phi) is 5.05. The van der Waals surface area contributed by atoms with Gasteiger partial charge < -0.3 is 14.5 Å². The Morgan fingerprint density at radius 2 is 2.04 bits per heavy atom. The van der Waals surface area contributed by atoms with Crippen molar-refractivity contribution in [2.24, 2.45) is 0 Å². The summed E-state index contributed by atoms with van der Waals surface area (Å²) in [6.07, 6.45) is 8.91. The Balaban J connectivity index is 1.57. The summed E-state index contributed by atoms with van der Waals surface area (Å²) >= 11 is 1.94. The average Bonchev–Trinajstić information content (AvgIpc) is 3.29. The highest BCUT2D eigenvalue weighted by molar-refractivity contribution is 7.19. The Hall–Kier alpha value is -1.24. The van der Waals surface area contributed by atoms with Gasteiger partial charge in [0.15, 0.2) is 5.82 Å². The van der Waals surface area contributed by atoms with E-state index >= 15 is 0 Å². The minimum absolute atomic E-state index is 0.636. The van der Waals surface area contributed by atoms with Crippen molar-refractivity contribution in [1.82, 2.24) is 9.97 Å². The molecular formula is C21H31N4OS+. The van der Waals surface area contributed by atoms with Crippen molar-refractivity contribution in [3.8, 4) is 0 Å². The molecule has 0 unspecified atom stereocenters. The summed E-state index contributed by atoms with van der Waals surface area (Å²) < 4.78 is 5.53. The number of quaternary nitrogens is 1. The van der Waals surface area contributed by atoms with Crippen LogP contribution >= 0.6 is 11.3 Å². The van der Waals surface area contributed by atoms with Gasteiger partial charge in [-0.05, 0) is 50.5 Å². The topological polar surface area (TPSA) is 42.7 Å². The number of aromatic nitrogens is 2. The largest absolute Gasteiger partial charge is 0.370 e. The minimum Gasteiger partial charge on any atom is -0.370 e. The zero-order chi connectivity index (χ0) is 18.2. The highest BCUT2D eigenvalue weighted by atomic mass is 32.1. The van der Waals surface area contributed by atoms with E-state index in [0.29, 0.717) is 6.04 Å². The average molecular weight is 388 g/mol. The van der Waals surface area contributed by atoms with Crippen molar-refractivity contribution in [2.75, 3.05) is 37.7 Å². The van der Waals surface area contributed by atoms with Crippen LogP contribution in [0.25, 0.3) is 10.2 Å². The van der Waals surface area contributed by atoms with E-state index in [1.807, 2.05) is 11.3 Å². The summed E-state index contributed by atoms with van der Waals surface area (Å²) in [6.45, 7) is 8.28. The van der Waals surface area contributed by atoms with Gasteiger partial charge in [-0.1, -0.05) is 6.92 Å². The molecule has 6 heteroatoms. The number of ether oxygens (including phenoxy) is 1. The number of nitrogens with zero attached hydrogens (tertiary/aromatic N) is 3. The van der Waals surface area contributed by atoms with E-state index < -0.39 is 0 Å². The van der Waals surface area contributed by atoms with Gasteiger partial charge in [-0.25, -0.2) is 9.97 Å². The van der Waals surface area contributed by atoms with Crippen molar-refractivity contribution in [3.63, 3.8) is 0 Å². The van der Waals surface area contributed by atoms with Gasteiger partial charge in [0.05, 0.1) is 18.6 Å². The first-order valence-corrected chi connectivity index (χ1v) is 11.6. The van der Waals surface area contributed by atoms with Crippen LogP contribution in [0, 0.1) is 0 Å². The van der Waals surface area contributed by atoms with E-state index in [-0.39, 0.29) is 0 Å². The van der Waals surface area contributed by atoms with Gasteiger partial charge in [0.25, 0.3) is 0 Å². The summed E-state index contributed by atoms with van der Waals surface area (Å²) in [4.78, 5) is 17.3. The molecule has 0 aromatic carbocycles. The molecule has 2 aliphatic heterocycles. The molecule has 146 valence electrons. The van der Waals surface area contributed by atoms with Crippen molar-refractivity contribution < 1.29 is 9.64 Å². The molecule has 2 saturated heterocycles. The van der Waals surface area contributed by atoms with Crippen LogP contribution in [0.3, 0.4) is 0 Å². The van der Waals surface area contributed by atoms with Crippen LogP contribution in [0.1, 0.15) is 55.3 Å². The zero-order valence-electron chi connectivity index (χ0n) is 16.4. The van der Waals surface area contributed by atoms with Crippen LogP contribution in [0.2, 0.25) is 0 Å². The second-order valence-corrected chi connectivity index (χ2v) is 9.37. The third kappa shape index (κ3) is 3.36. The fourth-order valence-corrected chi connectivity index (χ4v) is 6.35. The monoisotopic (exact) mass is 387 g/mol. The van der Waals surface area contributed by atoms with Gasteiger partial charge in [-0.15, -0.1) is 11.3 Å². The van der Waals surface area contributed by atoms with Gasteiger partial charge in [-0.3, -0.25) is 0 Å². The lowest BCUT2D eigenvalue weighted by atomic mass is 9.99. The number of thiophene rings is 1. The lowest BCUT2D eigenvalue weighted by molar-refractivity contribution is -0.922. The molecule has 1 aliphatic carbocycles. The number of fused-ring (bicyclic) bond motifs is 3. The van der Waals surface area contributed by atoms with Gasteiger partial charge >= 0.3 is 0 Å². The maximum atomic E-state index is 5.53. The number of hydrogen-bond donors (Lipinski definition) is 1. The molecule has 27 heavy (non-hydrogen) atoms. The third-order valence-electron chi connectivity index (χ3n) is 6.57. The Morgan fingerprint density at radius 1 is 1.15 bits per heavy atom. The molecule has 5 rings (SSSR count). The SMILES string of the molecule is CC[C@H]1CCCCN1c1nc(C[NH+]2CCOCC2)nc2sc3c(c12)CCC3. The Morgan fingerprint density at radius 3 is 2.89 bits per heavy atom. The number of morpholine rings is 1. The molecule has 1 N–H and O–H groups in total. The number of rotatable bonds is 4. The molecule has 3 aliphatic rings. The molecule has 0 radical (unpaired) electrons. The molecular weight excluding hydrogens is 356 g/mol. The van der Waals surface area contributed by atoms with Crippen molar-refractivity contribution in [1.29, 1.82) is 0 Å². The normalized spacial score (nSPS) is 23.9. The molecule has 0 saturated carbocycles. The lowest BCUT2D eigenvalue weighted by Gasteiger charge is -2.37. The van der Waals surface area contributed by atoms with Crippen LogP contribution in [-0.4, -0.2) is 48.9 Å². The van der Waals surface area contributed by atoms with Crippen LogP contribution in [0.4, 0.5) is 5.82 Å². The maximum Gasteiger partial charge on any atom is 0.187 e. The third-order valence-corrected chi connectivity index (χ3v) is 7.76. The first-order valence-electron chi connectivity index (χ1n) is 10.8. The fourth-order valence-electron chi connectivity index (χ4n) is 5.07. The van der Waals surface area contributed by atoms with Crippen LogP contribution in [-0.2, 0) is 24.1 Å².